The van der Waals surface area contributed by atoms with Gasteiger partial charge in [0.25, 0.3) is 5.91 Å². The molecular formula is C12H20ClN3O2. The zero-order valence-electron chi connectivity index (χ0n) is 10.8. The molecule has 1 fully saturated rings. The summed E-state index contributed by atoms with van der Waals surface area (Å²) in [6, 6.07) is 0. The van der Waals surface area contributed by atoms with Gasteiger partial charge < -0.3 is 15.2 Å². The number of hydrogen-bond acceptors (Lipinski definition) is 4. The molecule has 102 valence electrons. The summed E-state index contributed by atoms with van der Waals surface area (Å²) >= 11 is 0. The first-order chi connectivity index (χ1) is 8.18. The predicted molar refractivity (Wildman–Crippen MR) is 71.2 cm³/mol. The molecule has 2 N–H and O–H groups in total. The Bertz CT molecular complexity index is 381. The molecule has 0 aliphatic carbocycles. The summed E-state index contributed by atoms with van der Waals surface area (Å²) in [6.07, 6.45) is 2.36. The molecule has 2 heterocycles. The maximum Gasteiger partial charge on any atom is 0.256 e. The highest BCUT2D eigenvalue weighted by molar-refractivity contribution is 5.96. The van der Waals surface area contributed by atoms with Gasteiger partial charge in [0.2, 0.25) is 0 Å². The van der Waals surface area contributed by atoms with Gasteiger partial charge in [-0.05, 0) is 45.7 Å². The number of nitrogens with one attached hydrogen (secondary N) is 2. The Balaban J connectivity index is 0.00000162. The summed E-state index contributed by atoms with van der Waals surface area (Å²) in [5, 5.41) is 10.1. The molecule has 1 aliphatic rings. The minimum atomic E-state index is -0.0770. The largest absolute Gasteiger partial charge is 0.361 e. The average molecular weight is 274 g/mol. The van der Waals surface area contributed by atoms with Crippen molar-refractivity contribution in [3.8, 4) is 0 Å². The lowest BCUT2D eigenvalue weighted by molar-refractivity contribution is 0.0943. The topological polar surface area (TPSA) is 67.2 Å². The van der Waals surface area contributed by atoms with Gasteiger partial charge in [-0.3, -0.25) is 4.79 Å². The number of amides is 1. The molecule has 6 heteroatoms. The Morgan fingerprint density at radius 1 is 1.56 bits per heavy atom. The Labute approximate surface area is 113 Å². The van der Waals surface area contributed by atoms with E-state index in [4.69, 9.17) is 4.52 Å². The van der Waals surface area contributed by atoms with Crippen LogP contribution in [0.1, 0.15) is 34.7 Å². The van der Waals surface area contributed by atoms with E-state index >= 15 is 0 Å². The van der Waals surface area contributed by atoms with Crippen LogP contribution in [-0.2, 0) is 0 Å². The molecule has 2 rings (SSSR count). The van der Waals surface area contributed by atoms with Gasteiger partial charge in [0.15, 0.2) is 0 Å². The fourth-order valence-corrected chi connectivity index (χ4v) is 2.23. The second kappa shape index (κ2) is 6.75. The Hall–Kier alpha value is -1.07. The SMILES string of the molecule is Cc1noc(C)c1C(=O)NCC1CCCNC1.Cl. The van der Waals surface area contributed by atoms with E-state index in [9.17, 15) is 4.79 Å². The normalized spacial score (nSPS) is 19.1. The standard InChI is InChI=1S/C12H19N3O2.ClH/c1-8-11(9(2)17-15-8)12(16)14-7-10-4-3-5-13-6-10;/h10,13H,3-7H2,1-2H3,(H,14,16);1H. The van der Waals surface area contributed by atoms with Crippen LogP contribution in [0.15, 0.2) is 4.52 Å². The smallest absolute Gasteiger partial charge is 0.256 e. The number of halogens is 1. The van der Waals surface area contributed by atoms with E-state index in [0.29, 0.717) is 22.9 Å². The van der Waals surface area contributed by atoms with Crippen molar-refractivity contribution < 1.29 is 9.32 Å². The molecule has 0 bridgehead atoms. The van der Waals surface area contributed by atoms with E-state index in [2.05, 4.69) is 15.8 Å². The zero-order valence-corrected chi connectivity index (χ0v) is 11.6. The van der Waals surface area contributed by atoms with Crippen molar-refractivity contribution in [3.05, 3.63) is 17.0 Å². The number of nitrogens with zero attached hydrogens (tertiary/aromatic N) is 1. The molecule has 1 atom stereocenters. The van der Waals surface area contributed by atoms with Crippen molar-refractivity contribution in [1.82, 2.24) is 15.8 Å². The van der Waals surface area contributed by atoms with Crippen molar-refractivity contribution in [2.24, 2.45) is 5.92 Å². The Kier molecular flexibility index (Phi) is 5.62. The summed E-state index contributed by atoms with van der Waals surface area (Å²) in [5.41, 5.74) is 1.23. The molecule has 0 spiro atoms. The summed E-state index contributed by atoms with van der Waals surface area (Å²) < 4.78 is 4.99. The number of hydrogen-bond donors (Lipinski definition) is 2. The fourth-order valence-electron chi connectivity index (χ4n) is 2.23. The number of rotatable bonds is 3. The lowest BCUT2D eigenvalue weighted by Crippen LogP contribution is -2.38. The minimum absolute atomic E-state index is 0. The number of piperidine rings is 1. The van der Waals surface area contributed by atoms with E-state index < -0.39 is 0 Å². The molecular weight excluding hydrogens is 254 g/mol. The minimum Gasteiger partial charge on any atom is -0.361 e. The number of aryl methyl sites for hydroxylation is 2. The highest BCUT2D eigenvalue weighted by atomic mass is 35.5. The molecule has 1 aromatic rings. The summed E-state index contributed by atoms with van der Waals surface area (Å²) in [7, 11) is 0. The molecule has 1 saturated heterocycles. The van der Waals surface area contributed by atoms with E-state index in [1.807, 2.05) is 0 Å². The van der Waals surface area contributed by atoms with Crippen LogP contribution in [0.3, 0.4) is 0 Å². The molecule has 1 aromatic heterocycles. The third kappa shape index (κ3) is 3.46. The highest BCUT2D eigenvalue weighted by Gasteiger charge is 2.19. The number of aromatic nitrogens is 1. The van der Waals surface area contributed by atoms with Crippen LogP contribution >= 0.6 is 12.4 Å². The van der Waals surface area contributed by atoms with E-state index in [1.54, 1.807) is 13.8 Å². The molecule has 18 heavy (non-hydrogen) atoms. The molecule has 0 saturated carbocycles. The lowest BCUT2D eigenvalue weighted by Gasteiger charge is -2.22. The van der Waals surface area contributed by atoms with Gasteiger partial charge in [0.1, 0.15) is 11.3 Å². The molecule has 5 nitrogen and oxygen atoms in total. The van der Waals surface area contributed by atoms with E-state index in [-0.39, 0.29) is 18.3 Å². The van der Waals surface area contributed by atoms with Gasteiger partial charge in [-0.15, -0.1) is 12.4 Å². The third-order valence-electron chi connectivity index (χ3n) is 3.21. The average Bonchev–Trinajstić information content (AvgIpc) is 2.67. The first-order valence-electron chi connectivity index (χ1n) is 6.10. The van der Waals surface area contributed by atoms with Crippen molar-refractivity contribution >= 4 is 18.3 Å². The second-order valence-electron chi connectivity index (χ2n) is 4.62. The monoisotopic (exact) mass is 273 g/mol. The number of carbonyl (C=O) groups is 1. The summed E-state index contributed by atoms with van der Waals surface area (Å²) in [5.74, 6) is 1.04. The highest BCUT2D eigenvalue weighted by Crippen LogP contribution is 2.13. The van der Waals surface area contributed by atoms with Crippen molar-refractivity contribution in [2.45, 2.75) is 26.7 Å². The second-order valence-corrected chi connectivity index (χ2v) is 4.62. The van der Waals surface area contributed by atoms with Gasteiger partial charge in [0, 0.05) is 6.54 Å². The maximum absolute atomic E-state index is 12.0. The number of carbonyl (C=O) groups excluding carboxylic acids is 1. The quantitative estimate of drug-likeness (QED) is 0.875. The molecule has 0 radical (unpaired) electrons. The Morgan fingerprint density at radius 2 is 2.33 bits per heavy atom. The third-order valence-corrected chi connectivity index (χ3v) is 3.21. The van der Waals surface area contributed by atoms with Crippen molar-refractivity contribution in [1.29, 1.82) is 0 Å². The van der Waals surface area contributed by atoms with Gasteiger partial charge in [0.05, 0.1) is 5.69 Å². The van der Waals surface area contributed by atoms with Crippen molar-refractivity contribution in [2.75, 3.05) is 19.6 Å². The van der Waals surface area contributed by atoms with Crippen molar-refractivity contribution in [3.63, 3.8) is 0 Å². The fraction of sp³-hybridized carbons (Fsp3) is 0.667. The van der Waals surface area contributed by atoms with Gasteiger partial charge in [-0.25, -0.2) is 0 Å². The van der Waals surface area contributed by atoms with Crippen LogP contribution < -0.4 is 10.6 Å². The Morgan fingerprint density at radius 3 is 2.89 bits per heavy atom. The van der Waals surface area contributed by atoms with Crippen LogP contribution in [0.5, 0.6) is 0 Å². The van der Waals surface area contributed by atoms with Gasteiger partial charge >= 0.3 is 0 Å². The molecule has 1 aliphatic heterocycles. The lowest BCUT2D eigenvalue weighted by atomic mass is 9.99. The van der Waals surface area contributed by atoms with E-state index in [1.165, 1.54) is 12.8 Å². The van der Waals surface area contributed by atoms with Gasteiger partial charge in [-0.2, -0.15) is 0 Å². The van der Waals surface area contributed by atoms with Gasteiger partial charge in [-0.1, -0.05) is 5.16 Å². The van der Waals surface area contributed by atoms with Crippen LogP contribution in [0.25, 0.3) is 0 Å². The van der Waals surface area contributed by atoms with E-state index in [0.717, 1.165) is 19.6 Å². The predicted octanol–water partition coefficient (Wildman–Crippen LogP) is 1.44. The van der Waals surface area contributed by atoms with Crippen LogP contribution in [-0.4, -0.2) is 30.7 Å². The van der Waals surface area contributed by atoms with Crippen LogP contribution in [0.4, 0.5) is 0 Å². The molecule has 1 amide bonds. The van der Waals surface area contributed by atoms with Crippen LogP contribution in [0.2, 0.25) is 0 Å². The maximum atomic E-state index is 12.0. The molecule has 1 unspecified atom stereocenters. The zero-order chi connectivity index (χ0) is 12.3. The van der Waals surface area contributed by atoms with Crippen LogP contribution in [0, 0.1) is 19.8 Å². The first-order valence-corrected chi connectivity index (χ1v) is 6.10. The molecule has 0 aromatic carbocycles. The summed E-state index contributed by atoms with van der Waals surface area (Å²) in [4.78, 5) is 12.0. The first kappa shape index (κ1) is 15.0. The summed E-state index contributed by atoms with van der Waals surface area (Å²) in [6.45, 7) is 6.34.